The van der Waals surface area contributed by atoms with E-state index in [0.717, 1.165) is 28.1 Å². The van der Waals surface area contributed by atoms with Gasteiger partial charge in [0.05, 0.1) is 13.2 Å². The van der Waals surface area contributed by atoms with Gasteiger partial charge in [-0.25, -0.2) is 0 Å². The molecule has 22 heavy (non-hydrogen) atoms. The van der Waals surface area contributed by atoms with Gasteiger partial charge in [0.25, 0.3) is 0 Å². The molecule has 2 atom stereocenters. The molecule has 0 bridgehead atoms. The third kappa shape index (κ3) is 3.04. The molecule has 0 N–H and O–H groups in total. The van der Waals surface area contributed by atoms with Crippen molar-refractivity contribution >= 4 is 15.9 Å². The van der Waals surface area contributed by atoms with Crippen LogP contribution in [0, 0.1) is 17.3 Å². The summed E-state index contributed by atoms with van der Waals surface area (Å²) in [6.07, 6.45) is 2.38. The second-order valence-electron chi connectivity index (χ2n) is 7.01. The largest absolute Gasteiger partial charge is 0.454 e. The van der Waals surface area contributed by atoms with Crippen molar-refractivity contribution in [3.05, 3.63) is 33.8 Å². The van der Waals surface area contributed by atoms with E-state index in [9.17, 15) is 0 Å². The van der Waals surface area contributed by atoms with E-state index in [4.69, 9.17) is 14.2 Å². The zero-order valence-corrected chi connectivity index (χ0v) is 15.2. The molecule has 1 fully saturated rings. The molecule has 0 radical (unpaired) electrons. The van der Waals surface area contributed by atoms with Crippen molar-refractivity contribution in [1.82, 2.24) is 0 Å². The highest BCUT2D eigenvalue weighted by atomic mass is 79.9. The van der Waals surface area contributed by atoms with Gasteiger partial charge >= 0.3 is 0 Å². The SMILES string of the molecule is CC(C)=C[C@@H]1[C@H](COCc2cc3c(cc2Br)OCO3)C1(C)C. The fraction of sp³-hybridized carbons (Fsp3) is 0.556. The van der Waals surface area contributed by atoms with Gasteiger partial charge in [-0.05, 0) is 48.8 Å². The van der Waals surface area contributed by atoms with Crippen molar-refractivity contribution in [3.63, 3.8) is 0 Å². The Bertz CT molecular complexity index is 603. The molecule has 3 rings (SSSR count). The third-order valence-corrected chi connectivity index (χ3v) is 5.49. The van der Waals surface area contributed by atoms with Gasteiger partial charge in [-0.3, -0.25) is 0 Å². The summed E-state index contributed by atoms with van der Waals surface area (Å²) in [5.41, 5.74) is 2.84. The lowest BCUT2D eigenvalue weighted by Crippen LogP contribution is -2.02. The molecule has 120 valence electrons. The van der Waals surface area contributed by atoms with Crippen molar-refractivity contribution in [1.29, 1.82) is 0 Å². The quantitative estimate of drug-likeness (QED) is 0.691. The Hall–Kier alpha value is -1.00. The Balaban J connectivity index is 1.57. The van der Waals surface area contributed by atoms with Crippen molar-refractivity contribution in [2.45, 2.75) is 34.3 Å². The summed E-state index contributed by atoms with van der Waals surface area (Å²) in [4.78, 5) is 0. The van der Waals surface area contributed by atoms with E-state index in [1.165, 1.54) is 5.57 Å². The van der Waals surface area contributed by atoms with E-state index in [1.807, 2.05) is 12.1 Å². The van der Waals surface area contributed by atoms with E-state index >= 15 is 0 Å². The number of hydrogen-bond donors (Lipinski definition) is 0. The minimum absolute atomic E-state index is 0.298. The van der Waals surface area contributed by atoms with Crippen LogP contribution in [0.3, 0.4) is 0 Å². The van der Waals surface area contributed by atoms with Crippen LogP contribution in [0.25, 0.3) is 0 Å². The molecule has 1 aromatic carbocycles. The molecular formula is C18H23BrO3. The maximum absolute atomic E-state index is 5.98. The zero-order valence-electron chi connectivity index (χ0n) is 13.6. The van der Waals surface area contributed by atoms with Gasteiger partial charge in [-0.2, -0.15) is 0 Å². The van der Waals surface area contributed by atoms with E-state index in [0.29, 0.717) is 30.7 Å². The summed E-state index contributed by atoms with van der Waals surface area (Å²) in [7, 11) is 0. The van der Waals surface area contributed by atoms with Crippen LogP contribution in [0.1, 0.15) is 33.3 Å². The van der Waals surface area contributed by atoms with Gasteiger partial charge in [0.2, 0.25) is 6.79 Å². The molecule has 1 aromatic rings. The number of benzene rings is 1. The van der Waals surface area contributed by atoms with E-state index in [2.05, 4.69) is 49.7 Å². The number of fused-ring (bicyclic) bond motifs is 1. The number of hydrogen-bond acceptors (Lipinski definition) is 3. The molecule has 0 amide bonds. The first kappa shape index (κ1) is 15.9. The highest BCUT2D eigenvalue weighted by molar-refractivity contribution is 9.10. The average Bonchev–Trinajstić information content (AvgIpc) is 2.78. The summed E-state index contributed by atoms with van der Waals surface area (Å²) in [5.74, 6) is 2.84. The summed E-state index contributed by atoms with van der Waals surface area (Å²) in [6, 6.07) is 3.95. The number of allylic oxidation sites excluding steroid dienone is 2. The van der Waals surface area contributed by atoms with Gasteiger partial charge in [-0.1, -0.05) is 41.4 Å². The first-order valence-corrected chi connectivity index (χ1v) is 8.49. The molecular weight excluding hydrogens is 344 g/mol. The van der Waals surface area contributed by atoms with Crippen molar-refractivity contribution in [2.75, 3.05) is 13.4 Å². The summed E-state index contributed by atoms with van der Waals surface area (Å²) >= 11 is 3.57. The van der Waals surface area contributed by atoms with E-state index in [1.54, 1.807) is 0 Å². The molecule has 3 nitrogen and oxygen atoms in total. The van der Waals surface area contributed by atoms with Crippen LogP contribution < -0.4 is 9.47 Å². The van der Waals surface area contributed by atoms with Crippen LogP contribution in [0.4, 0.5) is 0 Å². The minimum atomic E-state index is 0.298. The van der Waals surface area contributed by atoms with Crippen LogP contribution in [0.2, 0.25) is 0 Å². The maximum atomic E-state index is 5.98. The second kappa shape index (κ2) is 5.89. The molecule has 1 heterocycles. The summed E-state index contributed by atoms with van der Waals surface area (Å²) in [5, 5.41) is 0. The van der Waals surface area contributed by atoms with Gasteiger partial charge in [0.1, 0.15) is 0 Å². The average molecular weight is 367 g/mol. The van der Waals surface area contributed by atoms with Crippen LogP contribution in [0.5, 0.6) is 11.5 Å². The maximum Gasteiger partial charge on any atom is 0.231 e. The Morgan fingerprint density at radius 1 is 1.32 bits per heavy atom. The first-order chi connectivity index (χ1) is 10.4. The topological polar surface area (TPSA) is 27.7 Å². The van der Waals surface area contributed by atoms with Gasteiger partial charge in [0.15, 0.2) is 11.5 Å². The highest BCUT2D eigenvalue weighted by Gasteiger charge is 2.55. The molecule has 2 aliphatic rings. The summed E-state index contributed by atoms with van der Waals surface area (Å²) in [6.45, 7) is 10.6. The molecule has 0 aromatic heterocycles. The molecule has 0 spiro atoms. The van der Waals surface area contributed by atoms with Crippen LogP contribution in [-0.4, -0.2) is 13.4 Å². The van der Waals surface area contributed by atoms with Gasteiger partial charge < -0.3 is 14.2 Å². The lowest BCUT2D eigenvalue weighted by atomic mass is 10.1. The second-order valence-corrected chi connectivity index (χ2v) is 7.86. The molecule has 1 saturated carbocycles. The Kier molecular flexibility index (Phi) is 4.25. The smallest absolute Gasteiger partial charge is 0.231 e. The Labute approximate surface area is 140 Å². The summed E-state index contributed by atoms with van der Waals surface area (Å²) < 4.78 is 17.8. The normalized spacial score (nSPS) is 24.2. The number of ether oxygens (including phenoxy) is 3. The highest BCUT2D eigenvalue weighted by Crippen LogP contribution is 2.59. The fourth-order valence-electron chi connectivity index (χ4n) is 3.16. The van der Waals surface area contributed by atoms with Crippen LogP contribution in [-0.2, 0) is 11.3 Å². The fourth-order valence-corrected chi connectivity index (χ4v) is 3.60. The standard InChI is InChI=1S/C18H23BrO3/c1-11(2)5-13-14(18(13,3)4)9-20-8-12-6-16-17(7-15(12)19)22-10-21-16/h5-7,13-14H,8-10H2,1-4H3/t13-,14+/m1/s1. The number of halogens is 1. The van der Waals surface area contributed by atoms with Crippen molar-refractivity contribution < 1.29 is 14.2 Å². The van der Waals surface area contributed by atoms with Crippen molar-refractivity contribution in [3.8, 4) is 11.5 Å². The van der Waals surface area contributed by atoms with Crippen LogP contribution >= 0.6 is 15.9 Å². The zero-order chi connectivity index (χ0) is 15.9. The minimum Gasteiger partial charge on any atom is -0.454 e. The van der Waals surface area contributed by atoms with Gasteiger partial charge in [-0.15, -0.1) is 0 Å². The molecule has 1 aliphatic heterocycles. The van der Waals surface area contributed by atoms with Gasteiger partial charge in [0, 0.05) is 4.47 Å². The van der Waals surface area contributed by atoms with Crippen molar-refractivity contribution in [2.24, 2.45) is 17.3 Å². The monoisotopic (exact) mass is 366 g/mol. The predicted octanol–water partition coefficient (Wildman–Crippen LogP) is 4.93. The Morgan fingerprint density at radius 2 is 2.00 bits per heavy atom. The molecule has 0 saturated heterocycles. The van der Waals surface area contributed by atoms with E-state index in [-0.39, 0.29) is 0 Å². The predicted molar refractivity (Wildman–Crippen MR) is 90.1 cm³/mol. The first-order valence-electron chi connectivity index (χ1n) is 7.70. The lowest BCUT2D eigenvalue weighted by molar-refractivity contribution is 0.102. The van der Waals surface area contributed by atoms with E-state index < -0.39 is 0 Å². The molecule has 4 heteroatoms. The molecule has 1 aliphatic carbocycles. The third-order valence-electron chi connectivity index (χ3n) is 4.75. The molecule has 0 unspecified atom stereocenters. The lowest BCUT2D eigenvalue weighted by Gasteiger charge is -2.08. The number of rotatable bonds is 5. The Morgan fingerprint density at radius 3 is 2.68 bits per heavy atom. The van der Waals surface area contributed by atoms with Crippen LogP contribution in [0.15, 0.2) is 28.3 Å².